The van der Waals surface area contributed by atoms with Crippen LogP contribution in [0.15, 0.2) is 66.2 Å². The summed E-state index contributed by atoms with van der Waals surface area (Å²) in [5.74, 6) is 0.178. The van der Waals surface area contributed by atoms with E-state index >= 15 is 0 Å². The Morgan fingerprint density at radius 2 is 1.84 bits per heavy atom. The highest BCUT2D eigenvalue weighted by Gasteiger charge is 2.14. The van der Waals surface area contributed by atoms with Crippen molar-refractivity contribution in [2.75, 3.05) is 12.4 Å². The monoisotopic (exact) mass is 542 g/mol. The van der Waals surface area contributed by atoms with E-state index in [-0.39, 0.29) is 18.0 Å². The maximum Gasteiger partial charge on any atom is 0.266 e. The lowest BCUT2D eigenvalue weighted by molar-refractivity contribution is -0.112. The van der Waals surface area contributed by atoms with E-state index in [1.807, 2.05) is 25.1 Å². The fraction of sp³-hybridized carbons (Fsp3) is 0.120. The number of methoxy groups -OCH3 is 1. The number of anilines is 1. The molecule has 1 N–H and O–H groups in total. The standard InChI is InChI=1S/C25H20FIN2O3/c1-16-3-9-21(10-4-16)29-25(30)19(14-28)11-18-12-22(27)24(23(13-18)31-2)32-15-17-5-7-20(26)8-6-17/h3-13H,15H2,1-2H3,(H,29,30)/b19-11-. The van der Waals surface area contributed by atoms with Gasteiger partial charge in [-0.1, -0.05) is 29.8 Å². The highest BCUT2D eigenvalue weighted by Crippen LogP contribution is 2.35. The molecule has 7 heteroatoms. The number of halogens is 2. The van der Waals surface area contributed by atoms with E-state index < -0.39 is 5.91 Å². The maximum atomic E-state index is 13.1. The largest absolute Gasteiger partial charge is 0.493 e. The number of benzene rings is 3. The van der Waals surface area contributed by atoms with Crippen LogP contribution >= 0.6 is 22.6 Å². The number of amides is 1. The number of rotatable bonds is 7. The van der Waals surface area contributed by atoms with Crippen LogP contribution in [0, 0.1) is 27.6 Å². The summed E-state index contributed by atoms with van der Waals surface area (Å²) < 4.78 is 25.2. The summed E-state index contributed by atoms with van der Waals surface area (Å²) in [5.41, 5.74) is 3.08. The Hall–Kier alpha value is -3.38. The van der Waals surface area contributed by atoms with E-state index in [2.05, 4.69) is 27.9 Å². The van der Waals surface area contributed by atoms with Gasteiger partial charge in [-0.25, -0.2) is 4.39 Å². The van der Waals surface area contributed by atoms with Crippen molar-refractivity contribution in [1.29, 1.82) is 5.26 Å². The van der Waals surface area contributed by atoms with E-state index in [1.165, 1.54) is 25.3 Å². The molecule has 0 atom stereocenters. The number of hydrogen-bond acceptors (Lipinski definition) is 4. The number of carbonyl (C=O) groups excluding carboxylic acids is 1. The van der Waals surface area contributed by atoms with Gasteiger partial charge in [0.15, 0.2) is 11.5 Å². The van der Waals surface area contributed by atoms with E-state index in [0.29, 0.717) is 22.7 Å². The van der Waals surface area contributed by atoms with Crippen molar-refractivity contribution >= 4 is 40.3 Å². The summed E-state index contributed by atoms with van der Waals surface area (Å²) in [6, 6.07) is 18.8. The van der Waals surface area contributed by atoms with Crippen molar-refractivity contribution in [2.24, 2.45) is 0 Å². The summed E-state index contributed by atoms with van der Waals surface area (Å²) >= 11 is 2.10. The second kappa shape index (κ2) is 10.8. The van der Waals surface area contributed by atoms with Gasteiger partial charge in [-0.2, -0.15) is 5.26 Å². The predicted molar refractivity (Wildman–Crippen MR) is 130 cm³/mol. The zero-order valence-electron chi connectivity index (χ0n) is 17.5. The van der Waals surface area contributed by atoms with E-state index in [0.717, 1.165) is 14.7 Å². The molecule has 3 rings (SSSR count). The first-order chi connectivity index (χ1) is 15.4. The van der Waals surface area contributed by atoms with Crippen LogP contribution in [0.4, 0.5) is 10.1 Å². The molecule has 0 unspecified atom stereocenters. The van der Waals surface area contributed by atoms with E-state index in [1.54, 1.807) is 36.4 Å². The molecule has 5 nitrogen and oxygen atoms in total. The minimum Gasteiger partial charge on any atom is -0.493 e. The minimum absolute atomic E-state index is 0.0385. The lowest BCUT2D eigenvalue weighted by atomic mass is 10.1. The highest BCUT2D eigenvalue weighted by atomic mass is 127. The Labute approximate surface area is 199 Å². The molecule has 0 aliphatic heterocycles. The third kappa shape index (κ3) is 6.08. The molecule has 162 valence electrons. The summed E-state index contributed by atoms with van der Waals surface area (Å²) in [4.78, 5) is 12.5. The van der Waals surface area contributed by atoms with Crippen molar-refractivity contribution in [1.82, 2.24) is 0 Å². The van der Waals surface area contributed by atoms with Crippen LogP contribution in [-0.4, -0.2) is 13.0 Å². The van der Waals surface area contributed by atoms with Gasteiger partial charge in [0, 0.05) is 5.69 Å². The molecule has 0 aliphatic carbocycles. The molecule has 0 spiro atoms. The third-order valence-electron chi connectivity index (χ3n) is 4.53. The molecule has 0 heterocycles. The second-order valence-corrected chi connectivity index (χ2v) is 8.10. The Morgan fingerprint density at radius 3 is 2.47 bits per heavy atom. The number of hydrogen-bond donors (Lipinski definition) is 1. The van der Waals surface area contributed by atoms with E-state index in [4.69, 9.17) is 9.47 Å². The first-order valence-electron chi connectivity index (χ1n) is 9.64. The van der Waals surface area contributed by atoms with Crippen LogP contribution in [0.3, 0.4) is 0 Å². The normalized spacial score (nSPS) is 10.9. The number of nitrogens with one attached hydrogen (secondary N) is 1. The van der Waals surface area contributed by atoms with Crippen molar-refractivity contribution in [3.8, 4) is 17.6 Å². The molecule has 0 radical (unpaired) electrons. The summed E-state index contributed by atoms with van der Waals surface area (Å²) in [6.07, 6.45) is 1.50. The predicted octanol–water partition coefficient (Wildman–Crippen LogP) is 5.87. The van der Waals surface area contributed by atoms with Gasteiger partial charge in [0.2, 0.25) is 0 Å². The lowest BCUT2D eigenvalue weighted by Gasteiger charge is -2.14. The number of ether oxygens (including phenoxy) is 2. The Balaban J connectivity index is 1.80. The summed E-state index contributed by atoms with van der Waals surface area (Å²) in [5, 5.41) is 12.2. The third-order valence-corrected chi connectivity index (χ3v) is 5.34. The van der Waals surface area contributed by atoms with Crippen LogP contribution in [-0.2, 0) is 11.4 Å². The van der Waals surface area contributed by atoms with Gasteiger partial charge in [-0.15, -0.1) is 0 Å². The van der Waals surface area contributed by atoms with Crippen LogP contribution < -0.4 is 14.8 Å². The highest BCUT2D eigenvalue weighted by molar-refractivity contribution is 14.1. The smallest absolute Gasteiger partial charge is 0.266 e. The maximum absolute atomic E-state index is 13.1. The van der Waals surface area contributed by atoms with Crippen LogP contribution in [0.2, 0.25) is 0 Å². The fourth-order valence-electron chi connectivity index (χ4n) is 2.85. The molecule has 0 aromatic heterocycles. The number of nitrogens with zero attached hydrogens (tertiary/aromatic N) is 1. The van der Waals surface area contributed by atoms with Gasteiger partial charge in [0.05, 0.1) is 10.7 Å². The molecule has 0 saturated carbocycles. The lowest BCUT2D eigenvalue weighted by Crippen LogP contribution is -2.13. The summed E-state index contributed by atoms with van der Waals surface area (Å²) in [7, 11) is 1.51. The molecular weight excluding hydrogens is 522 g/mol. The van der Waals surface area contributed by atoms with Gasteiger partial charge in [0.1, 0.15) is 24.1 Å². The molecular formula is C25H20FIN2O3. The number of carbonyl (C=O) groups is 1. The molecule has 0 aliphatic rings. The Morgan fingerprint density at radius 1 is 1.16 bits per heavy atom. The van der Waals surface area contributed by atoms with Gasteiger partial charge in [-0.3, -0.25) is 4.79 Å². The second-order valence-electron chi connectivity index (χ2n) is 6.94. The quantitative estimate of drug-likeness (QED) is 0.230. The summed E-state index contributed by atoms with van der Waals surface area (Å²) in [6.45, 7) is 2.19. The zero-order valence-corrected chi connectivity index (χ0v) is 19.6. The molecule has 0 fully saturated rings. The molecule has 3 aromatic rings. The molecule has 1 amide bonds. The number of aryl methyl sites for hydroxylation is 1. The van der Waals surface area contributed by atoms with Crippen molar-refractivity contribution in [2.45, 2.75) is 13.5 Å². The topological polar surface area (TPSA) is 71.3 Å². The van der Waals surface area contributed by atoms with Gasteiger partial charge in [-0.05, 0) is 83.1 Å². The van der Waals surface area contributed by atoms with Crippen LogP contribution in [0.25, 0.3) is 6.08 Å². The SMILES string of the molecule is COc1cc(/C=C(/C#N)C(=O)Nc2ccc(C)cc2)cc(I)c1OCc1ccc(F)cc1. The molecule has 0 bridgehead atoms. The van der Waals surface area contributed by atoms with E-state index in [9.17, 15) is 14.4 Å². The van der Waals surface area contributed by atoms with Crippen LogP contribution in [0.5, 0.6) is 11.5 Å². The Bertz CT molecular complexity index is 1180. The average molecular weight is 542 g/mol. The molecule has 0 saturated heterocycles. The molecule has 32 heavy (non-hydrogen) atoms. The van der Waals surface area contributed by atoms with Gasteiger partial charge in [0.25, 0.3) is 5.91 Å². The van der Waals surface area contributed by atoms with Gasteiger partial charge < -0.3 is 14.8 Å². The Kier molecular flexibility index (Phi) is 7.84. The minimum atomic E-state index is -0.498. The first kappa shape index (κ1) is 23.3. The number of nitriles is 1. The first-order valence-corrected chi connectivity index (χ1v) is 10.7. The van der Waals surface area contributed by atoms with Crippen molar-refractivity contribution < 1.29 is 18.7 Å². The average Bonchev–Trinajstić information content (AvgIpc) is 2.79. The van der Waals surface area contributed by atoms with Gasteiger partial charge >= 0.3 is 0 Å². The van der Waals surface area contributed by atoms with Crippen molar-refractivity contribution in [3.05, 3.63) is 92.3 Å². The fourth-order valence-corrected chi connectivity index (χ4v) is 3.63. The zero-order chi connectivity index (χ0) is 23.1. The van der Waals surface area contributed by atoms with Crippen LogP contribution in [0.1, 0.15) is 16.7 Å². The van der Waals surface area contributed by atoms with Crippen molar-refractivity contribution in [3.63, 3.8) is 0 Å². The molecule has 3 aromatic carbocycles.